The Morgan fingerprint density at radius 2 is 1.65 bits per heavy atom. The van der Waals surface area contributed by atoms with Gasteiger partial charge >= 0.3 is 5.97 Å². The first-order chi connectivity index (χ1) is 23.0. The molecule has 0 aliphatic carbocycles. The van der Waals surface area contributed by atoms with Gasteiger partial charge in [0.15, 0.2) is 5.60 Å². The molecule has 48 heavy (non-hydrogen) atoms. The number of aliphatic carboxylic acids is 1. The van der Waals surface area contributed by atoms with Gasteiger partial charge in [0.05, 0.1) is 6.61 Å². The van der Waals surface area contributed by atoms with E-state index in [0.717, 1.165) is 28.7 Å². The number of anilines is 2. The van der Waals surface area contributed by atoms with Crippen LogP contribution in [0.1, 0.15) is 68.7 Å². The van der Waals surface area contributed by atoms with Crippen LogP contribution in [0, 0.1) is 5.92 Å². The van der Waals surface area contributed by atoms with Crippen molar-refractivity contribution in [1.82, 2.24) is 10.6 Å². The van der Waals surface area contributed by atoms with Crippen molar-refractivity contribution < 1.29 is 38.5 Å². The van der Waals surface area contributed by atoms with Crippen LogP contribution in [0.15, 0.2) is 60.7 Å². The second-order valence-corrected chi connectivity index (χ2v) is 12.5. The minimum absolute atomic E-state index is 0.0407. The fourth-order valence-corrected chi connectivity index (χ4v) is 6.20. The number of hydrogen-bond acceptors (Lipinski definition) is 8. The van der Waals surface area contributed by atoms with Crippen molar-refractivity contribution >= 4 is 35.1 Å². The molecule has 3 aromatic carbocycles. The van der Waals surface area contributed by atoms with Gasteiger partial charge in [-0.2, -0.15) is 0 Å². The topological polar surface area (TPSA) is 178 Å². The zero-order valence-corrected chi connectivity index (χ0v) is 27.3. The third kappa shape index (κ3) is 7.45. The van der Waals surface area contributed by atoms with Gasteiger partial charge in [-0.25, -0.2) is 4.79 Å². The number of carboxylic acid groups (broad SMARTS) is 1. The van der Waals surface area contributed by atoms with Crippen molar-refractivity contribution in [2.24, 2.45) is 5.92 Å². The first-order valence-electron chi connectivity index (χ1n) is 16.2. The highest BCUT2D eigenvalue weighted by Gasteiger charge is 2.49. The van der Waals surface area contributed by atoms with E-state index in [1.807, 2.05) is 63.2 Å². The van der Waals surface area contributed by atoms with E-state index in [2.05, 4.69) is 16.0 Å². The largest absolute Gasteiger partial charge is 0.480 e. The van der Waals surface area contributed by atoms with Crippen LogP contribution < -0.4 is 26.4 Å². The van der Waals surface area contributed by atoms with Crippen molar-refractivity contribution in [2.75, 3.05) is 24.3 Å². The van der Waals surface area contributed by atoms with Gasteiger partial charge in [0.2, 0.25) is 17.7 Å². The Kier molecular flexibility index (Phi) is 10.7. The van der Waals surface area contributed by atoms with Crippen LogP contribution in [0.25, 0.3) is 0 Å². The number of rotatable bonds is 14. The average molecular weight is 659 g/mol. The highest BCUT2D eigenvalue weighted by molar-refractivity contribution is 5.98. The average Bonchev–Trinajstić information content (AvgIpc) is 3.41. The second-order valence-electron chi connectivity index (χ2n) is 12.5. The third-order valence-corrected chi connectivity index (χ3v) is 8.37. The molecule has 0 bridgehead atoms. The number of carbonyl (C=O) groups is 4. The molecular formula is C36H42N4O8. The lowest BCUT2D eigenvalue weighted by atomic mass is 9.77. The lowest BCUT2D eigenvalue weighted by molar-refractivity contribution is -0.144. The summed E-state index contributed by atoms with van der Waals surface area (Å²) in [6, 6.07) is 17.1. The molecule has 2 aliphatic heterocycles. The number of nitrogens with two attached hydrogens (primary N) is 1. The van der Waals surface area contributed by atoms with E-state index in [0.29, 0.717) is 48.7 Å². The molecule has 3 amide bonds. The smallest absolute Gasteiger partial charge is 0.329 e. The molecule has 1 unspecified atom stereocenters. The van der Waals surface area contributed by atoms with Crippen LogP contribution in [0.5, 0.6) is 11.5 Å². The van der Waals surface area contributed by atoms with Crippen LogP contribution in [0.2, 0.25) is 0 Å². The first kappa shape index (κ1) is 34.4. The number of amides is 3. The molecule has 254 valence electrons. The molecule has 0 radical (unpaired) electrons. The summed E-state index contributed by atoms with van der Waals surface area (Å²) in [6.45, 7) is 5.06. The summed E-state index contributed by atoms with van der Waals surface area (Å²) in [5, 5.41) is 17.1. The number of ether oxygens (including phenoxy) is 3. The van der Waals surface area contributed by atoms with E-state index < -0.39 is 54.6 Å². The van der Waals surface area contributed by atoms with Gasteiger partial charge in [-0.3, -0.25) is 14.4 Å². The van der Waals surface area contributed by atoms with E-state index in [1.165, 1.54) is 0 Å². The second kappa shape index (κ2) is 14.9. The fraction of sp³-hybridized carbons (Fsp3) is 0.389. The quantitative estimate of drug-likeness (QED) is 0.157. The van der Waals surface area contributed by atoms with Crippen molar-refractivity contribution in [3.63, 3.8) is 0 Å². The summed E-state index contributed by atoms with van der Waals surface area (Å²) >= 11 is 0. The van der Waals surface area contributed by atoms with Crippen molar-refractivity contribution in [1.29, 1.82) is 0 Å². The molecule has 5 rings (SSSR count). The van der Waals surface area contributed by atoms with E-state index in [4.69, 9.17) is 25.1 Å². The SMILES string of the molecule is CCCC[C@H](NC(=O)[C@H](CC(C)C)NC(=O)COCC(=O)O)C(=O)Nc1ccc2c(c1)Oc1cc(N)ccc1C21OCc2ccccc21. The molecule has 3 aromatic rings. The molecular weight excluding hydrogens is 616 g/mol. The van der Waals surface area contributed by atoms with Gasteiger partial charge in [0.25, 0.3) is 0 Å². The third-order valence-electron chi connectivity index (χ3n) is 8.37. The summed E-state index contributed by atoms with van der Waals surface area (Å²) < 4.78 is 17.8. The Morgan fingerprint density at radius 1 is 0.917 bits per heavy atom. The van der Waals surface area contributed by atoms with Crippen molar-refractivity contribution in [3.8, 4) is 11.5 Å². The first-order valence-corrected chi connectivity index (χ1v) is 16.2. The lowest BCUT2D eigenvalue weighted by Gasteiger charge is -2.37. The van der Waals surface area contributed by atoms with E-state index in [1.54, 1.807) is 18.2 Å². The monoisotopic (exact) mass is 658 g/mol. The number of carbonyl (C=O) groups excluding carboxylic acids is 3. The number of unbranched alkanes of at least 4 members (excludes halogenated alkanes) is 1. The minimum atomic E-state index is -1.21. The standard InChI is InChI=1S/C36H42N4O8/c1-4-5-10-28(40-35(45)29(15-21(2)3)39-32(41)19-46-20-33(42)43)34(44)38-24-12-14-27-31(17-24)48-30-16-23(37)11-13-26(30)36(27)25-9-7-6-8-22(25)18-47-36/h6-9,11-14,16-17,21,28-29H,4-5,10,15,18-20,37H2,1-3H3,(H,38,44)(H,39,41)(H,40,45)(H,42,43)/t28-,29-,36?/m0/s1. The molecule has 12 heteroatoms. The Labute approximate surface area is 279 Å². The predicted molar refractivity (Wildman–Crippen MR) is 178 cm³/mol. The van der Waals surface area contributed by atoms with Crippen molar-refractivity contribution in [3.05, 3.63) is 82.9 Å². The summed E-state index contributed by atoms with van der Waals surface area (Å²) in [7, 11) is 0. The van der Waals surface area contributed by atoms with E-state index >= 15 is 0 Å². The highest BCUT2D eigenvalue weighted by atomic mass is 16.5. The lowest BCUT2D eigenvalue weighted by Crippen LogP contribution is -2.53. The molecule has 2 aliphatic rings. The summed E-state index contributed by atoms with van der Waals surface area (Å²) in [5.41, 5.74) is 9.93. The van der Waals surface area contributed by atoms with Crippen LogP contribution in [0.4, 0.5) is 11.4 Å². The van der Waals surface area contributed by atoms with Gasteiger partial charge in [-0.05, 0) is 54.2 Å². The number of hydrogen-bond donors (Lipinski definition) is 5. The maximum atomic E-state index is 13.7. The van der Waals surface area contributed by atoms with E-state index in [9.17, 15) is 19.2 Å². The Bertz CT molecular complexity index is 1690. The predicted octanol–water partition coefficient (Wildman–Crippen LogP) is 4.44. The Morgan fingerprint density at radius 3 is 2.38 bits per heavy atom. The number of nitrogens with one attached hydrogen (secondary N) is 3. The fourth-order valence-electron chi connectivity index (χ4n) is 6.20. The molecule has 6 N–H and O–H groups in total. The zero-order valence-electron chi connectivity index (χ0n) is 27.3. The Hall–Kier alpha value is -4.94. The van der Waals surface area contributed by atoms with Gasteiger partial charge < -0.3 is 41.0 Å². The van der Waals surface area contributed by atoms with Gasteiger partial charge in [-0.15, -0.1) is 0 Å². The van der Waals surface area contributed by atoms with Gasteiger partial charge in [-0.1, -0.05) is 57.9 Å². The molecule has 12 nitrogen and oxygen atoms in total. The number of fused-ring (bicyclic) bond motifs is 6. The highest BCUT2D eigenvalue weighted by Crippen LogP contribution is 2.56. The Balaban J connectivity index is 1.36. The molecule has 0 saturated carbocycles. The van der Waals surface area contributed by atoms with Crippen LogP contribution in [0.3, 0.4) is 0 Å². The number of benzene rings is 3. The zero-order chi connectivity index (χ0) is 34.4. The summed E-state index contributed by atoms with van der Waals surface area (Å²) in [6.07, 6.45) is 2.15. The van der Waals surface area contributed by atoms with E-state index in [-0.39, 0.29) is 5.92 Å². The van der Waals surface area contributed by atoms with Crippen LogP contribution in [-0.4, -0.2) is 54.1 Å². The molecule has 0 saturated heterocycles. The number of carboxylic acids is 1. The van der Waals surface area contributed by atoms with Gasteiger partial charge in [0.1, 0.15) is 36.8 Å². The maximum Gasteiger partial charge on any atom is 0.329 e. The van der Waals surface area contributed by atoms with Crippen LogP contribution in [-0.2, 0) is 40.9 Å². The summed E-state index contributed by atoms with van der Waals surface area (Å²) in [5.74, 6) is -1.68. The molecule has 1 spiro atoms. The minimum Gasteiger partial charge on any atom is -0.480 e. The number of nitrogen functional groups attached to an aromatic ring is 1. The maximum absolute atomic E-state index is 13.7. The molecule has 2 heterocycles. The van der Waals surface area contributed by atoms with Crippen molar-refractivity contribution in [2.45, 2.75) is 70.7 Å². The normalized spacial score (nSPS) is 17.0. The van der Waals surface area contributed by atoms with Gasteiger partial charge in [0, 0.05) is 34.6 Å². The molecule has 0 aromatic heterocycles. The summed E-state index contributed by atoms with van der Waals surface area (Å²) in [4.78, 5) is 50.2. The van der Waals surface area contributed by atoms with Crippen LogP contribution >= 0.6 is 0 Å². The molecule has 3 atom stereocenters. The molecule has 0 fully saturated rings.